The summed E-state index contributed by atoms with van der Waals surface area (Å²) in [6.07, 6.45) is 3.33. The van der Waals surface area contributed by atoms with E-state index in [1.807, 2.05) is 13.8 Å². The van der Waals surface area contributed by atoms with Crippen LogP contribution >= 0.6 is 0 Å². The Labute approximate surface area is 104 Å². The normalized spacial score (nSPS) is 26.6. The predicted octanol–water partition coefficient (Wildman–Crippen LogP) is 1.16. The molecule has 1 aliphatic rings. The second kappa shape index (κ2) is 8.03. The molecule has 0 saturated heterocycles. The SMILES string of the molecule is CC(C)OCC(O)COCC1CCCC1CN. The minimum atomic E-state index is -0.518. The van der Waals surface area contributed by atoms with E-state index in [0.717, 1.165) is 13.2 Å². The van der Waals surface area contributed by atoms with Gasteiger partial charge in [0.1, 0.15) is 6.10 Å². The Morgan fingerprint density at radius 3 is 2.59 bits per heavy atom. The predicted molar refractivity (Wildman–Crippen MR) is 67.8 cm³/mol. The molecule has 0 bridgehead atoms. The summed E-state index contributed by atoms with van der Waals surface area (Å²) in [5.74, 6) is 1.19. The first-order valence-electron chi connectivity index (χ1n) is 6.71. The van der Waals surface area contributed by atoms with E-state index in [0.29, 0.717) is 25.0 Å². The van der Waals surface area contributed by atoms with Gasteiger partial charge in [0.15, 0.2) is 0 Å². The Balaban J connectivity index is 2.06. The summed E-state index contributed by atoms with van der Waals surface area (Å²) >= 11 is 0. The molecule has 0 aromatic carbocycles. The fourth-order valence-corrected chi connectivity index (χ4v) is 2.35. The highest BCUT2D eigenvalue weighted by Crippen LogP contribution is 2.30. The van der Waals surface area contributed by atoms with Gasteiger partial charge in [0.25, 0.3) is 0 Å². The zero-order valence-corrected chi connectivity index (χ0v) is 11.1. The molecule has 0 heterocycles. The molecule has 0 amide bonds. The Morgan fingerprint density at radius 2 is 1.94 bits per heavy atom. The van der Waals surface area contributed by atoms with Gasteiger partial charge in [-0.3, -0.25) is 0 Å². The quantitative estimate of drug-likeness (QED) is 0.673. The third kappa shape index (κ3) is 5.82. The zero-order valence-electron chi connectivity index (χ0n) is 11.1. The molecule has 1 rings (SSSR count). The van der Waals surface area contributed by atoms with Crippen LogP contribution in [-0.4, -0.2) is 43.7 Å². The van der Waals surface area contributed by atoms with Crippen LogP contribution in [0.15, 0.2) is 0 Å². The standard InChI is InChI=1S/C13H27NO3/c1-10(2)17-9-13(15)8-16-7-12-5-3-4-11(12)6-14/h10-13,15H,3-9,14H2,1-2H3. The molecule has 0 radical (unpaired) electrons. The van der Waals surface area contributed by atoms with Gasteiger partial charge in [0, 0.05) is 6.61 Å². The summed E-state index contributed by atoms with van der Waals surface area (Å²) in [6, 6.07) is 0. The minimum Gasteiger partial charge on any atom is -0.388 e. The van der Waals surface area contributed by atoms with Crippen molar-refractivity contribution in [1.29, 1.82) is 0 Å². The van der Waals surface area contributed by atoms with E-state index in [-0.39, 0.29) is 6.10 Å². The van der Waals surface area contributed by atoms with E-state index < -0.39 is 6.10 Å². The average molecular weight is 245 g/mol. The van der Waals surface area contributed by atoms with Gasteiger partial charge in [-0.1, -0.05) is 6.42 Å². The summed E-state index contributed by atoms with van der Waals surface area (Å²) in [5, 5.41) is 9.62. The highest BCUT2D eigenvalue weighted by molar-refractivity contribution is 4.77. The van der Waals surface area contributed by atoms with Crippen LogP contribution in [0.5, 0.6) is 0 Å². The summed E-state index contributed by atoms with van der Waals surface area (Å²) in [7, 11) is 0. The maximum absolute atomic E-state index is 9.62. The van der Waals surface area contributed by atoms with Crippen molar-refractivity contribution in [3.8, 4) is 0 Å². The maximum atomic E-state index is 9.62. The first kappa shape index (κ1) is 14.9. The third-order valence-corrected chi connectivity index (χ3v) is 3.38. The first-order chi connectivity index (χ1) is 8.13. The van der Waals surface area contributed by atoms with Crippen molar-refractivity contribution in [3.63, 3.8) is 0 Å². The fraction of sp³-hybridized carbons (Fsp3) is 1.00. The second-order valence-electron chi connectivity index (χ2n) is 5.26. The van der Waals surface area contributed by atoms with Crippen LogP contribution in [0.1, 0.15) is 33.1 Å². The lowest BCUT2D eigenvalue weighted by molar-refractivity contribution is -0.0426. The van der Waals surface area contributed by atoms with E-state index in [2.05, 4.69) is 0 Å². The number of rotatable bonds is 8. The molecule has 3 unspecified atom stereocenters. The monoisotopic (exact) mass is 245 g/mol. The van der Waals surface area contributed by atoms with Crippen LogP contribution in [0, 0.1) is 11.8 Å². The zero-order chi connectivity index (χ0) is 12.7. The third-order valence-electron chi connectivity index (χ3n) is 3.38. The van der Waals surface area contributed by atoms with Gasteiger partial charge in [0.2, 0.25) is 0 Å². The lowest BCUT2D eigenvalue weighted by Crippen LogP contribution is -2.27. The summed E-state index contributed by atoms with van der Waals surface area (Å²) in [5.41, 5.74) is 5.71. The van der Waals surface area contributed by atoms with Gasteiger partial charge >= 0.3 is 0 Å². The summed E-state index contributed by atoms with van der Waals surface area (Å²) < 4.78 is 10.9. The fourth-order valence-electron chi connectivity index (χ4n) is 2.35. The number of hydrogen-bond donors (Lipinski definition) is 2. The number of hydrogen-bond acceptors (Lipinski definition) is 4. The molecular formula is C13H27NO3. The van der Waals surface area contributed by atoms with Crippen molar-refractivity contribution in [2.24, 2.45) is 17.6 Å². The van der Waals surface area contributed by atoms with E-state index in [1.165, 1.54) is 19.3 Å². The van der Waals surface area contributed by atoms with Gasteiger partial charge in [-0.15, -0.1) is 0 Å². The van der Waals surface area contributed by atoms with E-state index in [4.69, 9.17) is 15.2 Å². The molecule has 0 aromatic heterocycles. The van der Waals surface area contributed by atoms with Gasteiger partial charge in [-0.25, -0.2) is 0 Å². The van der Waals surface area contributed by atoms with Crippen molar-refractivity contribution < 1.29 is 14.6 Å². The van der Waals surface area contributed by atoms with Crippen molar-refractivity contribution in [2.45, 2.75) is 45.3 Å². The van der Waals surface area contributed by atoms with Gasteiger partial charge in [0.05, 0.1) is 19.3 Å². The molecule has 3 atom stereocenters. The molecule has 3 N–H and O–H groups in total. The highest BCUT2D eigenvalue weighted by Gasteiger charge is 2.26. The topological polar surface area (TPSA) is 64.7 Å². The number of nitrogens with two attached hydrogens (primary N) is 1. The van der Waals surface area contributed by atoms with Crippen molar-refractivity contribution in [3.05, 3.63) is 0 Å². The molecule has 102 valence electrons. The van der Waals surface area contributed by atoms with E-state index in [9.17, 15) is 5.11 Å². The Morgan fingerprint density at radius 1 is 1.24 bits per heavy atom. The lowest BCUT2D eigenvalue weighted by atomic mass is 9.97. The van der Waals surface area contributed by atoms with Crippen LogP contribution in [0.4, 0.5) is 0 Å². The van der Waals surface area contributed by atoms with Crippen molar-refractivity contribution in [2.75, 3.05) is 26.4 Å². The van der Waals surface area contributed by atoms with Crippen LogP contribution in [0.3, 0.4) is 0 Å². The van der Waals surface area contributed by atoms with E-state index in [1.54, 1.807) is 0 Å². The smallest absolute Gasteiger partial charge is 0.101 e. The number of aliphatic hydroxyl groups excluding tert-OH is 1. The van der Waals surface area contributed by atoms with Crippen LogP contribution in [0.25, 0.3) is 0 Å². The summed E-state index contributed by atoms with van der Waals surface area (Å²) in [4.78, 5) is 0. The number of ether oxygens (including phenoxy) is 2. The Kier molecular flexibility index (Phi) is 7.04. The molecule has 0 aromatic rings. The molecule has 0 spiro atoms. The lowest BCUT2D eigenvalue weighted by Gasteiger charge is -2.19. The van der Waals surface area contributed by atoms with E-state index >= 15 is 0 Å². The Hall–Kier alpha value is -0.160. The van der Waals surface area contributed by atoms with Crippen LogP contribution in [-0.2, 0) is 9.47 Å². The molecule has 1 saturated carbocycles. The Bertz CT molecular complexity index is 199. The molecule has 1 aliphatic carbocycles. The number of aliphatic hydroxyl groups is 1. The first-order valence-corrected chi connectivity index (χ1v) is 6.71. The molecule has 1 fully saturated rings. The molecule has 4 nitrogen and oxygen atoms in total. The van der Waals surface area contributed by atoms with Crippen LogP contribution in [0.2, 0.25) is 0 Å². The van der Waals surface area contributed by atoms with Gasteiger partial charge < -0.3 is 20.3 Å². The molecule has 0 aliphatic heterocycles. The van der Waals surface area contributed by atoms with Crippen molar-refractivity contribution in [1.82, 2.24) is 0 Å². The van der Waals surface area contributed by atoms with Crippen molar-refractivity contribution >= 4 is 0 Å². The average Bonchev–Trinajstić information content (AvgIpc) is 2.74. The molecule has 17 heavy (non-hydrogen) atoms. The molecule has 4 heteroatoms. The van der Waals surface area contributed by atoms with Gasteiger partial charge in [-0.2, -0.15) is 0 Å². The summed E-state index contributed by atoms with van der Waals surface area (Å²) in [6.45, 7) is 6.10. The largest absolute Gasteiger partial charge is 0.388 e. The second-order valence-corrected chi connectivity index (χ2v) is 5.26. The van der Waals surface area contributed by atoms with Crippen LogP contribution < -0.4 is 5.73 Å². The maximum Gasteiger partial charge on any atom is 0.101 e. The minimum absolute atomic E-state index is 0.154. The molecular weight excluding hydrogens is 218 g/mol. The highest BCUT2D eigenvalue weighted by atomic mass is 16.5. The van der Waals surface area contributed by atoms with Gasteiger partial charge in [-0.05, 0) is 45.1 Å².